The molecule has 1 aromatic carbocycles. The second kappa shape index (κ2) is 5.10. The molecule has 0 aliphatic carbocycles. The van der Waals surface area contributed by atoms with E-state index in [1.165, 1.54) is 11.1 Å². The summed E-state index contributed by atoms with van der Waals surface area (Å²) in [7, 11) is 1.64. The number of rotatable bonds is 3. The van der Waals surface area contributed by atoms with Gasteiger partial charge in [0.1, 0.15) is 5.69 Å². The molecule has 1 aromatic heterocycles. The molecule has 0 bridgehead atoms. The van der Waals surface area contributed by atoms with E-state index in [1.54, 1.807) is 14.0 Å². The molecule has 1 N–H and O–H groups in total. The van der Waals surface area contributed by atoms with Crippen molar-refractivity contribution in [3.8, 4) is 0 Å². The topological polar surface area (TPSA) is 66.3 Å². The third-order valence-corrected chi connectivity index (χ3v) is 2.91. The molecule has 0 spiro atoms. The molecule has 0 radical (unpaired) electrons. The number of hydrogen-bond acceptors (Lipinski definition) is 4. The summed E-state index contributed by atoms with van der Waals surface area (Å²) in [5, 5.41) is 9.04. The Morgan fingerprint density at radius 2 is 2.06 bits per heavy atom. The molecular weight excluding hydrogens is 230 g/mol. The van der Waals surface area contributed by atoms with Crippen LogP contribution in [0.2, 0.25) is 0 Å². The number of benzene rings is 1. The Hall–Kier alpha value is -2.01. The summed E-state index contributed by atoms with van der Waals surface area (Å²) in [5.41, 5.74) is 1.73. The van der Waals surface area contributed by atoms with Crippen LogP contribution in [0.5, 0.6) is 0 Å². The van der Waals surface area contributed by atoms with Crippen LogP contribution in [-0.2, 0) is 0 Å². The van der Waals surface area contributed by atoms with E-state index in [0.717, 1.165) is 5.52 Å². The molecular formula is C13H15N3O2. The van der Waals surface area contributed by atoms with E-state index < -0.39 is 0 Å². The predicted octanol–water partition coefficient (Wildman–Crippen LogP) is 1.08. The number of fused-ring (bicyclic) bond motifs is 1. The summed E-state index contributed by atoms with van der Waals surface area (Å²) in [5.74, 6) is -0.241. The molecule has 2 aromatic rings. The lowest BCUT2D eigenvalue weighted by Crippen LogP contribution is -2.37. The van der Waals surface area contributed by atoms with Crippen molar-refractivity contribution in [3.05, 3.63) is 36.2 Å². The Kier molecular flexibility index (Phi) is 3.53. The fraction of sp³-hybridized carbons (Fsp3) is 0.308. The van der Waals surface area contributed by atoms with Gasteiger partial charge in [-0.05, 0) is 19.1 Å². The molecule has 1 amide bonds. The van der Waals surface area contributed by atoms with Crippen molar-refractivity contribution in [1.82, 2.24) is 14.9 Å². The third-order valence-electron chi connectivity index (χ3n) is 2.91. The van der Waals surface area contributed by atoms with Gasteiger partial charge in [0.05, 0.1) is 29.9 Å². The van der Waals surface area contributed by atoms with E-state index in [0.29, 0.717) is 5.52 Å². The van der Waals surface area contributed by atoms with Crippen LogP contribution in [0.15, 0.2) is 30.5 Å². The lowest BCUT2D eigenvalue weighted by Gasteiger charge is -2.22. The van der Waals surface area contributed by atoms with Crippen molar-refractivity contribution in [3.63, 3.8) is 0 Å². The van der Waals surface area contributed by atoms with E-state index in [-0.39, 0.29) is 24.2 Å². The highest BCUT2D eigenvalue weighted by molar-refractivity contribution is 5.93. The van der Waals surface area contributed by atoms with Crippen molar-refractivity contribution in [1.29, 1.82) is 0 Å². The lowest BCUT2D eigenvalue weighted by molar-refractivity contribution is 0.0676. The van der Waals surface area contributed by atoms with Crippen molar-refractivity contribution in [2.45, 2.75) is 13.0 Å². The van der Waals surface area contributed by atoms with Gasteiger partial charge in [0.15, 0.2) is 0 Å². The average Bonchev–Trinajstić information content (AvgIpc) is 2.44. The van der Waals surface area contributed by atoms with Crippen LogP contribution < -0.4 is 0 Å². The molecule has 5 heteroatoms. The van der Waals surface area contributed by atoms with Crippen LogP contribution in [0.3, 0.4) is 0 Å². The largest absolute Gasteiger partial charge is 0.394 e. The molecule has 0 saturated heterocycles. The van der Waals surface area contributed by atoms with Crippen molar-refractivity contribution >= 4 is 16.9 Å². The van der Waals surface area contributed by atoms with Gasteiger partial charge >= 0.3 is 0 Å². The Balaban J connectivity index is 2.33. The molecule has 1 heterocycles. The van der Waals surface area contributed by atoms with E-state index in [1.807, 2.05) is 24.3 Å². The van der Waals surface area contributed by atoms with Crippen molar-refractivity contribution < 1.29 is 9.90 Å². The van der Waals surface area contributed by atoms with Crippen LogP contribution in [0.4, 0.5) is 0 Å². The fourth-order valence-corrected chi connectivity index (χ4v) is 1.56. The van der Waals surface area contributed by atoms with Crippen LogP contribution in [-0.4, -0.2) is 45.6 Å². The second-order valence-corrected chi connectivity index (χ2v) is 4.19. The van der Waals surface area contributed by atoms with Gasteiger partial charge in [-0.2, -0.15) is 0 Å². The zero-order valence-electron chi connectivity index (χ0n) is 10.4. The van der Waals surface area contributed by atoms with Gasteiger partial charge in [0.25, 0.3) is 5.91 Å². The van der Waals surface area contributed by atoms with Crippen LogP contribution in [0.25, 0.3) is 11.0 Å². The maximum Gasteiger partial charge on any atom is 0.274 e. The minimum absolute atomic E-state index is 0.0801. The molecule has 5 nitrogen and oxygen atoms in total. The van der Waals surface area contributed by atoms with E-state index >= 15 is 0 Å². The SMILES string of the molecule is CC(CO)N(C)C(=O)c1cnc2ccccc2n1. The van der Waals surface area contributed by atoms with Crippen LogP contribution >= 0.6 is 0 Å². The average molecular weight is 245 g/mol. The molecule has 0 aliphatic rings. The van der Waals surface area contributed by atoms with Gasteiger partial charge in [-0.3, -0.25) is 9.78 Å². The number of hydrogen-bond donors (Lipinski definition) is 1. The zero-order chi connectivity index (χ0) is 13.1. The number of likely N-dealkylation sites (N-methyl/N-ethyl adjacent to an activating group) is 1. The molecule has 0 fully saturated rings. The smallest absolute Gasteiger partial charge is 0.274 e. The first-order valence-corrected chi connectivity index (χ1v) is 5.73. The number of aliphatic hydroxyl groups is 1. The predicted molar refractivity (Wildman–Crippen MR) is 68.2 cm³/mol. The Bertz CT molecular complexity index is 571. The molecule has 18 heavy (non-hydrogen) atoms. The third kappa shape index (κ3) is 2.31. The first-order chi connectivity index (χ1) is 8.63. The number of carbonyl (C=O) groups excluding carboxylic acids is 1. The van der Waals surface area contributed by atoms with Gasteiger partial charge in [0, 0.05) is 7.05 Å². The van der Waals surface area contributed by atoms with E-state index in [9.17, 15) is 4.79 Å². The summed E-state index contributed by atoms with van der Waals surface area (Å²) in [6.45, 7) is 1.69. The maximum atomic E-state index is 12.1. The molecule has 94 valence electrons. The van der Waals surface area contributed by atoms with Crippen molar-refractivity contribution in [2.24, 2.45) is 0 Å². The molecule has 1 atom stereocenters. The highest BCUT2D eigenvalue weighted by Gasteiger charge is 2.18. The molecule has 2 rings (SSSR count). The summed E-state index contributed by atoms with van der Waals surface area (Å²) >= 11 is 0. The maximum absolute atomic E-state index is 12.1. The van der Waals surface area contributed by atoms with Crippen molar-refractivity contribution in [2.75, 3.05) is 13.7 Å². The molecule has 0 saturated carbocycles. The monoisotopic (exact) mass is 245 g/mol. The lowest BCUT2D eigenvalue weighted by atomic mass is 10.2. The Morgan fingerprint density at radius 3 is 2.72 bits per heavy atom. The van der Waals surface area contributed by atoms with E-state index in [2.05, 4.69) is 9.97 Å². The number of aromatic nitrogens is 2. The number of nitrogens with zero attached hydrogens (tertiary/aromatic N) is 3. The van der Waals surface area contributed by atoms with Crippen LogP contribution in [0.1, 0.15) is 17.4 Å². The van der Waals surface area contributed by atoms with Gasteiger partial charge < -0.3 is 10.0 Å². The minimum Gasteiger partial charge on any atom is -0.394 e. The zero-order valence-corrected chi connectivity index (χ0v) is 10.4. The van der Waals surface area contributed by atoms with Gasteiger partial charge in [-0.1, -0.05) is 12.1 Å². The highest BCUT2D eigenvalue weighted by Crippen LogP contribution is 2.10. The Labute approximate surface area is 105 Å². The number of amides is 1. The number of carbonyl (C=O) groups is 1. The minimum atomic E-state index is -0.245. The first kappa shape index (κ1) is 12.4. The van der Waals surface area contributed by atoms with Gasteiger partial charge in [0.2, 0.25) is 0 Å². The van der Waals surface area contributed by atoms with Crippen LogP contribution in [0, 0.1) is 0 Å². The standard InChI is InChI=1S/C13H15N3O2/c1-9(8-17)16(2)13(18)12-7-14-10-5-3-4-6-11(10)15-12/h3-7,9,17H,8H2,1-2H3. The normalized spacial score (nSPS) is 12.4. The fourth-order valence-electron chi connectivity index (χ4n) is 1.56. The summed E-state index contributed by atoms with van der Waals surface area (Å²) in [6.07, 6.45) is 1.46. The quantitative estimate of drug-likeness (QED) is 0.878. The summed E-state index contributed by atoms with van der Waals surface area (Å²) < 4.78 is 0. The highest BCUT2D eigenvalue weighted by atomic mass is 16.3. The van der Waals surface area contributed by atoms with Gasteiger partial charge in [-0.25, -0.2) is 4.98 Å². The Morgan fingerprint density at radius 1 is 1.39 bits per heavy atom. The second-order valence-electron chi connectivity index (χ2n) is 4.19. The number of para-hydroxylation sites is 2. The summed E-state index contributed by atoms with van der Waals surface area (Å²) in [4.78, 5) is 22.0. The van der Waals surface area contributed by atoms with Gasteiger partial charge in [-0.15, -0.1) is 0 Å². The first-order valence-electron chi connectivity index (χ1n) is 5.73. The molecule has 0 aliphatic heterocycles. The van der Waals surface area contributed by atoms with E-state index in [4.69, 9.17) is 5.11 Å². The summed E-state index contributed by atoms with van der Waals surface area (Å²) in [6, 6.07) is 7.14. The number of aliphatic hydroxyl groups excluding tert-OH is 1. The molecule has 1 unspecified atom stereocenters.